The van der Waals surface area contributed by atoms with Crippen LogP contribution in [-0.2, 0) is 6.42 Å². The van der Waals surface area contributed by atoms with Crippen molar-refractivity contribution in [1.29, 1.82) is 0 Å². The molecule has 0 spiro atoms. The fourth-order valence-corrected chi connectivity index (χ4v) is 3.40. The van der Waals surface area contributed by atoms with Crippen LogP contribution in [-0.4, -0.2) is 23.1 Å². The normalized spacial score (nSPS) is 17.5. The van der Waals surface area contributed by atoms with Gasteiger partial charge in [0.15, 0.2) is 5.82 Å². The van der Waals surface area contributed by atoms with Gasteiger partial charge < -0.3 is 10.2 Å². The highest BCUT2D eigenvalue weighted by atomic mass is 79.9. The second kappa shape index (κ2) is 6.02. The number of para-hydroxylation sites is 1. The van der Waals surface area contributed by atoms with Gasteiger partial charge in [0.25, 0.3) is 0 Å². The summed E-state index contributed by atoms with van der Waals surface area (Å²) >= 11 is 3.66. The Balaban J connectivity index is 2.07. The molecule has 1 unspecified atom stereocenters. The van der Waals surface area contributed by atoms with Crippen LogP contribution in [0.5, 0.6) is 0 Å². The number of nitrogens with zero attached hydrogens (tertiary/aromatic N) is 3. The number of hydrogen-bond donors (Lipinski definition) is 1. The van der Waals surface area contributed by atoms with Crippen LogP contribution in [0.25, 0.3) is 0 Å². The molecule has 3 rings (SSSR count). The maximum Gasteiger partial charge on any atom is 0.152 e. The van der Waals surface area contributed by atoms with Crippen molar-refractivity contribution in [1.82, 2.24) is 9.97 Å². The molecule has 2 aromatic rings. The van der Waals surface area contributed by atoms with Crippen LogP contribution in [0.3, 0.4) is 0 Å². The molecule has 0 amide bonds. The van der Waals surface area contributed by atoms with Crippen molar-refractivity contribution in [3.05, 3.63) is 40.6 Å². The van der Waals surface area contributed by atoms with Crippen molar-refractivity contribution >= 4 is 33.3 Å². The molecule has 4 nitrogen and oxygen atoms in total. The monoisotopic (exact) mass is 346 g/mol. The third-order valence-electron chi connectivity index (χ3n) is 3.72. The summed E-state index contributed by atoms with van der Waals surface area (Å²) in [5.41, 5.74) is 2.63. The second-order valence-electron chi connectivity index (χ2n) is 5.44. The van der Waals surface area contributed by atoms with Crippen molar-refractivity contribution in [2.45, 2.75) is 20.3 Å². The fourth-order valence-electron chi connectivity index (χ4n) is 2.84. The Morgan fingerprint density at radius 3 is 2.95 bits per heavy atom. The molecule has 110 valence electrons. The molecule has 0 bridgehead atoms. The van der Waals surface area contributed by atoms with Gasteiger partial charge in [-0.15, -0.1) is 0 Å². The molecular weight excluding hydrogens is 328 g/mol. The molecule has 5 heteroatoms. The Bertz CT molecular complexity index is 644. The number of halogens is 1. The zero-order chi connectivity index (χ0) is 14.8. The van der Waals surface area contributed by atoms with Crippen LogP contribution in [0.4, 0.5) is 17.3 Å². The molecule has 1 aliphatic rings. The Labute approximate surface area is 133 Å². The zero-order valence-corrected chi connectivity index (χ0v) is 13.9. The topological polar surface area (TPSA) is 41.1 Å². The maximum absolute atomic E-state index is 4.51. The van der Waals surface area contributed by atoms with Crippen molar-refractivity contribution in [2.24, 2.45) is 5.92 Å². The quantitative estimate of drug-likeness (QED) is 0.911. The van der Waals surface area contributed by atoms with Crippen LogP contribution < -0.4 is 10.2 Å². The third-order valence-corrected chi connectivity index (χ3v) is 4.45. The minimum atomic E-state index is 0.601. The highest BCUT2D eigenvalue weighted by Gasteiger charge is 2.25. The Kier molecular flexibility index (Phi) is 4.10. The molecule has 1 aromatic carbocycles. The predicted octanol–water partition coefficient (Wildman–Crippen LogP) is 4.00. The van der Waals surface area contributed by atoms with Crippen molar-refractivity contribution < 1.29 is 0 Å². The maximum atomic E-state index is 4.51. The standard InChI is InChI=1S/C16H19BrN4/c1-3-18-15-14(17)16(20-10-19-15)21-9-11(2)8-12-6-4-5-7-13(12)21/h4-7,10-11H,3,8-9H2,1-2H3,(H,18,19,20). The summed E-state index contributed by atoms with van der Waals surface area (Å²) in [7, 11) is 0. The van der Waals surface area contributed by atoms with E-state index in [1.165, 1.54) is 11.3 Å². The highest BCUT2D eigenvalue weighted by Crippen LogP contribution is 2.39. The first-order valence-corrected chi connectivity index (χ1v) is 8.09. The minimum absolute atomic E-state index is 0.601. The lowest BCUT2D eigenvalue weighted by Gasteiger charge is -2.34. The molecule has 0 saturated carbocycles. The average Bonchev–Trinajstić information content (AvgIpc) is 2.49. The van der Waals surface area contributed by atoms with Gasteiger partial charge in [0.2, 0.25) is 0 Å². The Hall–Kier alpha value is -1.62. The molecule has 0 saturated heterocycles. The summed E-state index contributed by atoms with van der Waals surface area (Å²) < 4.78 is 0.927. The van der Waals surface area contributed by atoms with E-state index in [-0.39, 0.29) is 0 Å². The molecule has 1 aromatic heterocycles. The number of benzene rings is 1. The van der Waals surface area contributed by atoms with E-state index >= 15 is 0 Å². The lowest BCUT2D eigenvalue weighted by Crippen LogP contribution is -2.31. The lowest BCUT2D eigenvalue weighted by atomic mass is 9.94. The van der Waals surface area contributed by atoms with Gasteiger partial charge in [0, 0.05) is 18.8 Å². The molecule has 2 heterocycles. The summed E-state index contributed by atoms with van der Waals surface area (Å²) in [4.78, 5) is 11.1. The van der Waals surface area contributed by atoms with E-state index in [9.17, 15) is 0 Å². The molecule has 0 fully saturated rings. The van der Waals surface area contributed by atoms with Gasteiger partial charge in [-0.3, -0.25) is 0 Å². The van der Waals surface area contributed by atoms with E-state index in [0.29, 0.717) is 5.92 Å². The number of aromatic nitrogens is 2. The largest absolute Gasteiger partial charge is 0.369 e. The third kappa shape index (κ3) is 2.75. The van der Waals surface area contributed by atoms with Crippen molar-refractivity contribution in [3.63, 3.8) is 0 Å². The second-order valence-corrected chi connectivity index (χ2v) is 6.23. The summed E-state index contributed by atoms with van der Waals surface area (Å²) in [5, 5.41) is 3.27. The van der Waals surface area contributed by atoms with Gasteiger partial charge >= 0.3 is 0 Å². The smallest absolute Gasteiger partial charge is 0.152 e. The van der Waals surface area contributed by atoms with E-state index in [2.05, 4.69) is 74.2 Å². The van der Waals surface area contributed by atoms with Gasteiger partial charge in [0.05, 0.1) is 0 Å². The van der Waals surface area contributed by atoms with E-state index in [0.717, 1.165) is 35.6 Å². The van der Waals surface area contributed by atoms with Gasteiger partial charge in [-0.1, -0.05) is 25.1 Å². The zero-order valence-electron chi connectivity index (χ0n) is 12.3. The summed E-state index contributed by atoms with van der Waals surface area (Å²) in [6, 6.07) is 8.57. The van der Waals surface area contributed by atoms with Gasteiger partial charge in [-0.05, 0) is 46.8 Å². The summed E-state index contributed by atoms with van der Waals surface area (Å²) in [5.74, 6) is 2.38. The van der Waals surface area contributed by atoms with Crippen LogP contribution in [0, 0.1) is 5.92 Å². The molecular formula is C16H19BrN4. The van der Waals surface area contributed by atoms with Crippen molar-refractivity contribution in [2.75, 3.05) is 23.3 Å². The number of hydrogen-bond acceptors (Lipinski definition) is 4. The number of rotatable bonds is 3. The fraction of sp³-hybridized carbons (Fsp3) is 0.375. The van der Waals surface area contributed by atoms with Crippen LogP contribution in [0.15, 0.2) is 35.1 Å². The minimum Gasteiger partial charge on any atom is -0.369 e. The number of nitrogens with one attached hydrogen (secondary N) is 1. The van der Waals surface area contributed by atoms with E-state index in [4.69, 9.17) is 0 Å². The average molecular weight is 347 g/mol. The highest BCUT2D eigenvalue weighted by molar-refractivity contribution is 9.10. The van der Waals surface area contributed by atoms with Crippen LogP contribution in [0.1, 0.15) is 19.4 Å². The first-order valence-electron chi connectivity index (χ1n) is 7.30. The molecule has 21 heavy (non-hydrogen) atoms. The summed E-state index contributed by atoms with van der Waals surface area (Å²) in [6.45, 7) is 6.15. The van der Waals surface area contributed by atoms with Crippen LogP contribution >= 0.6 is 15.9 Å². The Morgan fingerprint density at radius 2 is 2.14 bits per heavy atom. The number of fused-ring (bicyclic) bond motifs is 1. The lowest BCUT2D eigenvalue weighted by molar-refractivity contribution is 0.559. The van der Waals surface area contributed by atoms with E-state index < -0.39 is 0 Å². The summed E-state index contributed by atoms with van der Waals surface area (Å²) in [6.07, 6.45) is 2.75. The van der Waals surface area contributed by atoms with Crippen molar-refractivity contribution in [3.8, 4) is 0 Å². The SMILES string of the molecule is CCNc1ncnc(N2CC(C)Cc3ccccc32)c1Br. The number of anilines is 3. The van der Waals surface area contributed by atoms with E-state index in [1.807, 2.05) is 0 Å². The van der Waals surface area contributed by atoms with Gasteiger partial charge in [0.1, 0.15) is 16.6 Å². The van der Waals surface area contributed by atoms with Gasteiger partial charge in [-0.25, -0.2) is 9.97 Å². The van der Waals surface area contributed by atoms with Crippen LogP contribution in [0.2, 0.25) is 0 Å². The van der Waals surface area contributed by atoms with E-state index in [1.54, 1.807) is 6.33 Å². The molecule has 1 N–H and O–H groups in total. The predicted molar refractivity (Wildman–Crippen MR) is 90.2 cm³/mol. The first-order chi connectivity index (χ1) is 10.2. The molecule has 0 radical (unpaired) electrons. The Morgan fingerprint density at radius 1 is 1.33 bits per heavy atom. The molecule has 1 atom stereocenters. The molecule has 0 aliphatic carbocycles. The van der Waals surface area contributed by atoms with Gasteiger partial charge in [-0.2, -0.15) is 0 Å². The molecule has 1 aliphatic heterocycles. The first kappa shape index (κ1) is 14.3.